The van der Waals surface area contributed by atoms with E-state index in [2.05, 4.69) is 13.0 Å². The van der Waals surface area contributed by atoms with Crippen LogP contribution in [0.1, 0.15) is 52.0 Å². The average molecular weight is 299 g/mol. The van der Waals surface area contributed by atoms with Crippen molar-refractivity contribution in [3.05, 3.63) is 47.5 Å². The van der Waals surface area contributed by atoms with E-state index < -0.39 is 11.4 Å². The van der Waals surface area contributed by atoms with Crippen LogP contribution in [-0.4, -0.2) is 12.6 Å². The highest BCUT2D eigenvalue weighted by Gasteiger charge is 2.41. The summed E-state index contributed by atoms with van der Waals surface area (Å²) in [6.45, 7) is 6.23. The van der Waals surface area contributed by atoms with E-state index in [-0.39, 0.29) is 6.61 Å². The van der Waals surface area contributed by atoms with Crippen molar-refractivity contribution >= 4 is 5.97 Å². The van der Waals surface area contributed by atoms with E-state index in [1.165, 1.54) is 5.57 Å². The van der Waals surface area contributed by atoms with E-state index in [1.54, 1.807) is 6.92 Å². The second-order valence-electron chi connectivity index (χ2n) is 5.46. The first-order chi connectivity index (χ1) is 10.6. The molecule has 3 heteroatoms. The van der Waals surface area contributed by atoms with Crippen LogP contribution in [-0.2, 0) is 14.9 Å². The van der Waals surface area contributed by atoms with Crippen LogP contribution in [0.3, 0.4) is 0 Å². The number of allylic oxidation sites excluding steroid dienone is 2. The Morgan fingerprint density at radius 1 is 1.32 bits per heavy atom. The minimum absolute atomic E-state index is 0.271. The van der Waals surface area contributed by atoms with Gasteiger partial charge in [-0.2, -0.15) is 5.26 Å². The van der Waals surface area contributed by atoms with Crippen molar-refractivity contribution in [2.24, 2.45) is 0 Å². The molecule has 0 aliphatic carbocycles. The predicted octanol–water partition coefficient (Wildman–Crippen LogP) is 4.54. The van der Waals surface area contributed by atoms with Gasteiger partial charge in [-0.1, -0.05) is 55.3 Å². The molecular weight excluding hydrogens is 274 g/mol. The molecule has 0 heterocycles. The number of rotatable bonds is 8. The molecule has 0 saturated heterocycles. The lowest BCUT2D eigenvalue weighted by Gasteiger charge is -2.24. The van der Waals surface area contributed by atoms with Gasteiger partial charge in [0.25, 0.3) is 0 Å². The maximum atomic E-state index is 12.4. The SMILES string of the molecule is CCCC/C(C)=C/CC(C#N)(C(=O)OCC)c1ccccc1. The molecule has 1 atom stereocenters. The van der Waals surface area contributed by atoms with Gasteiger partial charge in [-0.25, -0.2) is 4.79 Å². The second kappa shape index (κ2) is 9.04. The molecule has 0 bridgehead atoms. The molecular formula is C19H25NO2. The molecule has 1 rings (SSSR count). The fourth-order valence-corrected chi connectivity index (χ4v) is 2.34. The Kier molecular flexibility index (Phi) is 7.39. The summed E-state index contributed by atoms with van der Waals surface area (Å²) in [6, 6.07) is 11.4. The zero-order valence-electron chi connectivity index (χ0n) is 13.8. The van der Waals surface area contributed by atoms with Crippen LogP contribution in [0.2, 0.25) is 0 Å². The summed E-state index contributed by atoms with van der Waals surface area (Å²) in [4.78, 5) is 12.4. The van der Waals surface area contributed by atoms with Gasteiger partial charge in [-0.3, -0.25) is 0 Å². The number of carbonyl (C=O) groups is 1. The van der Waals surface area contributed by atoms with E-state index >= 15 is 0 Å². The number of nitrogens with zero attached hydrogens (tertiary/aromatic N) is 1. The summed E-state index contributed by atoms with van der Waals surface area (Å²) in [5, 5.41) is 9.74. The Hall–Kier alpha value is -2.08. The molecule has 0 amide bonds. The minimum Gasteiger partial charge on any atom is -0.465 e. The molecule has 1 aromatic rings. The lowest BCUT2D eigenvalue weighted by atomic mass is 9.78. The third-order valence-electron chi connectivity index (χ3n) is 3.76. The van der Waals surface area contributed by atoms with Gasteiger partial charge in [0, 0.05) is 0 Å². The second-order valence-corrected chi connectivity index (χ2v) is 5.46. The van der Waals surface area contributed by atoms with Crippen LogP contribution < -0.4 is 0 Å². The molecule has 0 aliphatic rings. The summed E-state index contributed by atoms with van der Waals surface area (Å²) >= 11 is 0. The highest BCUT2D eigenvalue weighted by atomic mass is 16.5. The average Bonchev–Trinajstić information content (AvgIpc) is 2.55. The number of ether oxygens (including phenoxy) is 1. The first-order valence-corrected chi connectivity index (χ1v) is 7.90. The fraction of sp³-hybridized carbons (Fsp3) is 0.474. The lowest BCUT2D eigenvalue weighted by molar-refractivity contribution is -0.147. The van der Waals surface area contributed by atoms with Crippen molar-refractivity contribution in [2.75, 3.05) is 6.61 Å². The zero-order valence-corrected chi connectivity index (χ0v) is 13.8. The predicted molar refractivity (Wildman–Crippen MR) is 88.3 cm³/mol. The van der Waals surface area contributed by atoms with Crippen molar-refractivity contribution in [3.63, 3.8) is 0 Å². The smallest absolute Gasteiger partial charge is 0.331 e. The van der Waals surface area contributed by atoms with Gasteiger partial charge in [0.15, 0.2) is 5.41 Å². The van der Waals surface area contributed by atoms with Crippen molar-refractivity contribution in [1.29, 1.82) is 5.26 Å². The highest BCUT2D eigenvalue weighted by Crippen LogP contribution is 2.30. The summed E-state index contributed by atoms with van der Waals surface area (Å²) in [7, 11) is 0. The van der Waals surface area contributed by atoms with Gasteiger partial charge in [-0.15, -0.1) is 0 Å². The van der Waals surface area contributed by atoms with Crippen LogP contribution >= 0.6 is 0 Å². The highest BCUT2D eigenvalue weighted by molar-refractivity contribution is 5.87. The maximum absolute atomic E-state index is 12.4. The van der Waals surface area contributed by atoms with Gasteiger partial charge in [-0.05, 0) is 38.7 Å². The zero-order chi connectivity index (χ0) is 16.4. The summed E-state index contributed by atoms with van der Waals surface area (Å²) in [6.07, 6.45) is 5.60. The molecule has 0 fully saturated rings. The van der Waals surface area contributed by atoms with Crippen LogP contribution in [0.15, 0.2) is 42.0 Å². The molecule has 22 heavy (non-hydrogen) atoms. The molecule has 1 unspecified atom stereocenters. The summed E-state index contributed by atoms with van der Waals surface area (Å²) in [5.74, 6) is -0.469. The normalized spacial score (nSPS) is 14.0. The number of hydrogen-bond donors (Lipinski definition) is 0. The molecule has 0 N–H and O–H groups in total. The molecule has 118 valence electrons. The summed E-state index contributed by atoms with van der Waals surface area (Å²) < 4.78 is 5.18. The number of nitriles is 1. The van der Waals surface area contributed by atoms with Gasteiger partial charge in [0.05, 0.1) is 12.7 Å². The molecule has 1 aromatic carbocycles. The van der Waals surface area contributed by atoms with Gasteiger partial charge < -0.3 is 4.74 Å². The molecule has 0 spiro atoms. The number of carbonyl (C=O) groups excluding carboxylic acids is 1. The first-order valence-electron chi connectivity index (χ1n) is 7.90. The topological polar surface area (TPSA) is 50.1 Å². The van der Waals surface area contributed by atoms with E-state index in [1.807, 2.05) is 43.3 Å². The number of hydrogen-bond acceptors (Lipinski definition) is 3. The molecule has 3 nitrogen and oxygen atoms in total. The quantitative estimate of drug-likeness (QED) is 0.523. The van der Waals surface area contributed by atoms with Crippen molar-refractivity contribution in [3.8, 4) is 6.07 Å². The maximum Gasteiger partial charge on any atom is 0.331 e. The van der Waals surface area contributed by atoms with Crippen LogP contribution in [0, 0.1) is 11.3 Å². The van der Waals surface area contributed by atoms with Crippen LogP contribution in [0.4, 0.5) is 0 Å². The van der Waals surface area contributed by atoms with Gasteiger partial charge in [0.1, 0.15) is 0 Å². The molecule has 0 aromatic heterocycles. The standard InChI is InChI=1S/C19H25NO2/c1-4-6-10-16(3)13-14-19(15-20,18(21)22-5-2)17-11-8-7-9-12-17/h7-9,11-13H,4-6,10,14H2,1-3H3/b16-13+. The lowest BCUT2D eigenvalue weighted by Crippen LogP contribution is -2.35. The Balaban J connectivity index is 3.11. The fourth-order valence-electron chi connectivity index (χ4n) is 2.34. The van der Waals surface area contributed by atoms with Gasteiger partial charge >= 0.3 is 5.97 Å². The van der Waals surface area contributed by atoms with Crippen LogP contribution in [0.5, 0.6) is 0 Å². The largest absolute Gasteiger partial charge is 0.465 e. The van der Waals surface area contributed by atoms with E-state index in [0.717, 1.165) is 19.3 Å². The van der Waals surface area contributed by atoms with Gasteiger partial charge in [0.2, 0.25) is 0 Å². The third kappa shape index (κ3) is 4.46. The number of benzene rings is 1. The van der Waals surface area contributed by atoms with E-state index in [9.17, 15) is 10.1 Å². The first kappa shape index (κ1) is 18.0. The third-order valence-corrected chi connectivity index (χ3v) is 3.76. The minimum atomic E-state index is -1.26. The molecule has 0 aliphatic heterocycles. The Labute approximate surface area is 133 Å². The monoisotopic (exact) mass is 299 g/mol. The summed E-state index contributed by atoms with van der Waals surface area (Å²) in [5.41, 5.74) is 0.641. The van der Waals surface area contributed by atoms with Crippen molar-refractivity contribution in [2.45, 2.75) is 51.9 Å². The number of unbranched alkanes of at least 4 members (excludes halogenated alkanes) is 1. The van der Waals surface area contributed by atoms with Crippen molar-refractivity contribution in [1.82, 2.24) is 0 Å². The Morgan fingerprint density at radius 3 is 2.55 bits per heavy atom. The number of esters is 1. The van der Waals surface area contributed by atoms with Crippen LogP contribution in [0.25, 0.3) is 0 Å². The van der Waals surface area contributed by atoms with E-state index in [0.29, 0.717) is 12.0 Å². The van der Waals surface area contributed by atoms with Crippen molar-refractivity contribution < 1.29 is 9.53 Å². The van der Waals surface area contributed by atoms with E-state index in [4.69, 9.17) is 4.74 Å². The Morgan fingerprint density at radius 2 is 2.00 bits per heavy atom. The molecule has 0 radical (unpaired) electrons. The molecule has 0 saturated carbocycles. The Bertz CT molecular complexity index is 542.